The number of alkyl halides is 5. The van der Waals surface area contributed by atoms with Crippen LogP contribution in [-0.4, -0.2) is 73.3 Å². The first-order chi connectivity index (χ1) is 19.3. The molecule has 0 saturated carbocycles. The number of anilines is 2. The highest BCUT2D eigenvalue weighted by molar-refractivity contribution is 7.93. The molecule has 1 aromatic carbocycles. The molecule has 0 bridgehead atoms. The van der Waals surface area contributed by atoms with Crippen molar-refractivity contribution in [2.75, 3.05) is 29.4 Å². The van der Waals surface area contributed by atoms with E-state index in [4.69, 9.17) is 9.47 Å². The number of ether oxygens (including phenoxy) is 3. The number of halogens is 5. The first kappa shape index (κ1) is 32.7. The molecule has 2 atom stereocenters. The number of fused-ring (bicyclic) bond motifs is 1. The van der Waals surface area contributed by atoms with Gasteiger partial charge in [0.25, 0.3) is 22.3 Å². The number of carboxylic acid groups (broad SMARTS) is 1. The minimum absolute atomic E-state index is 0.0292. The molecule has 2 unspecified atom stereocenters. The summed E-state index contributed by atoms with van der Waals surface area (Å²) < 4.78 is 110. The molecule has 0 radical (unpaired) electrons. The van der Waals surface area contributed by atoms with E-state index in [0.29, 0.717) is 13.8 Å². The predicted molar refractivity (Wildman–Crippen MR) is 137 cm³/mol. The van der Waals surface area contributed by atoms with Gasteiger partial charge in [-0.15, -0.1) is 5.10 Å². The van der Waals surface area contributed by atoms with Gasteiger partial charge in [0.2, 0.25) is 5.60 Å². The van der Waals surface area contributed by atoms with Crippen LogP contribution < -0.4 is 19.1 Å². The van der Waals surface area contributed by atoms with Crippen LogP contribution in [0.15, 0.2) is 29.3 Å². The molecule has 1 amide bonds. The summed E-state index contributed by atoms with van der Waals surface area (Å²) in [5.74, 6) is -2.55. The number of carbonyl (C=O) groups is 2. The second-order valence-electron chi connectivity index (χ2n) is 9.94. The van der Waals surface area contributed by atoms with Crippen LogP contribution in [0.3, 0.4) is 0 Å². The van der Waals surface area contributed by atoms with E-state index in [1.807, 2.05) is 0 Å². The number of hydrogen-bond donors (Lipinski definition) is 2. The van der Waals surface area contributed by atoms with Gasteiger partial charge in [-0.3, -0.25) is 19.1 Å². The van der Waals surface area contributed by atoms with Crippen LogP contribution in [0.2, 0.25) is 0 Å². The topological polar surface area (TPSA) is 149 Å². The number of nitrogens with zero attached hydrogens (tertiary/aromatic N) is 3. The fraction of sp³-hybridized carbons (Fsp3) is 0.542. The van der Waals surface area contributed by atoms with Crippen molar-refractivity contribution in [1.29, 1.82) is 0 Å². The van der Waals surface area contributed by atoms with Crippen molar-refractivity contribution in [1.82, 2.24) is 9.78 Å². The molecule has 0 saturated heterocycles. The van der Waals surface area contributed by atoms with Crippen LogP contribution >= 0.6 is 0 Å². The lowest BCUT2D eigenvalue weighted by atomic mass is 10.0. The summed E-state index contributed by atoms with van der Waals surface area (Å²) in [4.78, 5) is 22.8. The Balaban J connectivity index is 1.97. The van der Waals surface area contributed by atoms with E-state index in [1.54, 1.807) is 6.92 Å². The van der Waals surface area contributed by atoms with Crippen LogP contribution in [0.5, 0.6) is 11.6 Å². The van der Waals surface area contributed by atoms with E-state index >= 15 is 0 Å². The number of aliphatic carboxylic acids is 1. The van der Waals surface area contributed by atoms with Gasteiger partial charge >= 0.3 is 18.2 Å². The van der Waals surface area contributed by atoms with Crippen LogP contribution in [0.1, 0.15) is 40.2 Å². The zero-order valence-electron chi connectivity index (χ0n) is 22.8. The zero-order chi connectivity index (χ0) is 31.6. The van der Waals surface area contributed by atoms with Crippen LogP contribution in [-0.2, 0) is 19.6 Å². The number of sulfonamides is 1. The van der Waals surface area contributed by atoms with Gasteiger partial charge in [0.05, 0.1) is 24.2 Å². The summed E-state index contributed by atoms with van der Waals surface area (Å²) in [5.41, 5.74) is -3.09. The molecular weight excluding hydrogens is 599 g/mol. The molecule has 2 N–H and O–H groups in total. The number of carbonyl (C=O) groups excluding carboxylic acids is 1. The Hall–Kier alpha value is -3.83. The molecular formula is C24H29F5N4O8S. The molecule has 3 rings (SSSR count). The summed E-state index contributed by atoms with van der Waals surface area (Å²) >= 11 is 0. The third kappa shape index (κ3) is 7.32. The number of nitrogens with one attached hydrogen (secondary N) is 1. The zero-order valence-corrected chi connectivity index (χ0v) is 23.6. The number of rotatable bonds is 11. The van der Waals surface area contributed by atoms with E-state index in [-0.39, 0.29) is 36.7 Å². The lowest BCUT2D eigenvalue weighted by Crippen LogP contribution is -2.44. The molecule has 1 aliphatic heterocycles. The minimum atomic E-state index is -4.86. The maximum Gasteiger partial charge on any atom is 0.427 e. The smallest absolute Gasteiger partial charge is 0.427 e. The van der Waals surface area contributed by atoms with Crippen molar-refractivity contribution in [3.63, 3.8) is 0 Å². The van der Waals surface area contributed by atoms with Gasteiger partial charge in [0, 0.05) is 11.9 Å². The van der Waals surface area contributed by atoms with Gasteiger partial charge in [-0.05, 0) is 45.4 Å². The van der Waals surface area contributed by atoms with E-state index < -0.39 is 69.6 Å². The Morgan fingerprint density at radius 3 is 2.48 bits per heavy atom. The van der Waals surface area contributed by atoms with Gasteiger partial charge in [-0.1, -0.05) is 6.92 Å². The van der Waals surface area contributed by atoms with Crippen LogP contribution in [0.25, 0.3) is 0 Å². The van der Waals surface area contributed by atoms with Crippen LogP contribution in [0, 0.1) is 5.92 Å². The predicted octanol–water partition coefficient (Wildman–Crippen LogP) is 4.68. The molecule has 0 aliphatic carbocycles. The molecule has 1 aromatic heterocycles. The highest BCUT2D eigenvalue weighted by Crippen LogP contribution is 2.40. The maximum atomic E-state index is 13.8. The second kappa shape index (κ2) is 12.2. The largest absolute Gasteiger partial charge is 0.489 e. The van der Waals surface area contributed by atoms with Crippen molar-refractivity contribution in [2.24, 2.45) is 5.92 Å². The lowest BCUT2D eigenvalue weighted by Gasteiger charge is -2.31. The Morgan fingerprint density at radius 1 is 1.21 bits per heavy atom. The van der Waals surface area contributed by atoms with Gasteiger partial charge < -0.3 is 19.3 Å². The Kier molecular flexibility index (Phi) is 9.48. The molecule has 0 fully saturated rings. The molecule has 12 nitrogen and oxygen atoms in total. The van der Waals surface area contributed by atoms with Gasteiger partial charge in [-0.2, -0.15) is 13.2 Å². The van der Waals surface area contributed by atoms with E-state index in [1.165, 1.54) is 19.1 Å². The summed E-state index contributed by atoms with van der Waals surface area (Å²) in [5, 5.41) is 15.3. The first-order valence-corrected chi connectivity index (χ1v) is 13.9. The quantitative estimate of drug-likeness (QED) is 0.339. The fourth-order valence-electron chi connectivity index (χ4n) is 3.80. The Labute approximate surface area is 237 Å². The second-order valence-corrected chi connectivity index (χ2v) is 11.8. The van der Waals surface area contributed by atoms with Crippen molar-refractivity contribution >= 4 is 33.5 Å². The highest BCUT2D eigenvalue weighted by Gasteiger charge is 2.51. The van der Waals surface area contributed by atoms with Crippen molar-refractivity contribution in [3.8, 4) is 11.6 Å². The number of hydrogen-bond acceptors (Lipinski definition) is 8. The lowest BCUT2D eigenvalue weighted by molar-refractivity contribution is -0.242. The third-order valence-electron chi connectivity index (χ3n) is 6.21. The van der Waals surface area contributed by atoms with Gasteiger partial charge in [0.1, 0.15) is 12.4 Å². The highest BCUT2D eigenvalue weighted by atomic mass is 32.2. The third-order valence-corrected chi connectivity index (χ3v) is 8.00. The van der Waals surface area contributed by atoms with Crippen LogP contribution in [0.4, 0.5) is 38.1 Å². The average molecular weight is 629 g/mol. The molecule has 1 aliphatic rings. The average Bonchev–Trinajstić information content (AvgIpc) is 3.31. The van der Waals surface area contributed by atoms with Crippen molar-refractivity contribution < 1.29 is 59.3 Å². The summed E-state index contributed by atoms with van der Waals surface area (Å²) in [6.07, 6.45) is -8.23. The molecule has 2 aromatic rings. The number of benzene rings is 1. The SMILES string of the molecule is CC(CC(C)n1cc(S(=O)(=O)N2CCOc3ccc(NC(=O)OC(C)(C)C(F)(F)F)cc32)c(OCC(F)F)n1)C(=O)O. The van der Waals surface area contributed by atoms with Crippen molar-refractivity contribution in [3.05, 3.63) is 24.4 Å². The van der Waals surface area contributed by atoms with E-state index in [9.17, 15) is 45.1 Å². The molecule has 2 heterocycles. The Morgan fingerprint density at radius 2 is 1.88 bits per heavy atom. The van der Waals surface area contributed by atoms with E-state index in [0.717, 1.165) is 21.3 Å². The summed E-state index contributed by atoms with van der Waals surface area (Å²) in [6, 6.07) is 2.97. The standard InChI is InChI=1S/C24H29F5N4O8S/c1-13(21(34)35)9-14(2)32-11-18(20(31-32)40-12-19(25)26)42(37,38)33-7-8-39-17-6-5-15(10-16(17)33)30-22(36)41-23(3,4)24(27,28)29/h5-6,10-11,13-14,19H,7-9,12H2,1-4H3,(H,30,36)(H,34,35). The molecule has 0 spiro atoms. The molecule has 234 valence electrons. The van der Waals surface area contributed by atoms with E-state index in [2.05, 4.69) is 15.2 Å². The fourth-order valence-corrected chi connectivity index (χ4v) is 5.31. The number of aromatic nitrogens is 2. The number of carboxylic acids is 1. The van der Waals surface area contributed by atoms with Gasteiger partial charge in [0.15, 0.2) is 11.5 Å². The minimum Gasteiger partial charge on any atom is -0.489 e. The molecule has 18 heteroatoms. The summed E-state index contributed by atoms with van der Waals surface area (Å²) in [7, 11) is -4.61. The molecule has 42 heavy (non-hydrogen) atoms. The first-order valence-electron chi connectivity index (χ1n) is 12.4. The monoisotopic (exact) mass is 628 g/mol. The maximum absolute atomic E-state index is 13.8. The summed E-state index contributed by atoms with van der Waals surface area (Å²) in [6.45, 7) is 2.70. The Bertz CT molecular complexity index is 1410. The van der Waals surface area contributed by atoms with Crippen molar-refractivity contribution in [2.45, 2.75) is 63.3 Å². The number of amides is 1. The normalized spacial score (nSPS) is 15.4. The van der Waals surface area contributed by atoms with Gasteiger partial charge in [-0.25, -0.2) is 22.0 Å².